The Morgan fingerprint density at radius 2 is 1.32 bits per heavy atom. The third kappa shape index (κ3) is 3.38. The van der Waals surface area contributed by atoms with E-state index in [0.29, 0.717) is 5.69 Å². The van der Waals surface area contributed by atoms with Crippen LogP contribution in [0.3, 0.4) is 0 Å². The lowest BCUT2D eigenvalue weighted by Crippen LogP contribution is -2.06. The Bertz CT molecular complexity index is 726. The highest BCUT2D eigenvalue weighted by atomic mass is 19.1. The lowest BCUT2D eigenvalue weighted by molar-refractivity contribution is 0.628. The van der Waals surface area contributed by atoms with E-state index in [0.717, 1.165) is 16.8 Å². The summed E-state index contributed by atoms with van der Waals surface area (Å²) in [6.07, 6.45) is 0. The number of rotatable bonds is 4. The van der Waals surface area contributed by atoms with Crippen LogP contribution >= 0.6 is 0 Å². The van der Waals surface area contributed by atoms with Crippen molar-refractivity contribution in [2.45, 2.75) is 0 Å². The fourth-order valence-electron chi connectivity index (χ4n) is 2.17. The first kappa shape index (κ1) is 14.0. The van der Waals surface area contributed by atoms with E-state index in [1.165, 1.54) is 12.1 Å². The molecule has 0 saturated carbocycles. The second kappa shape index (κ2) is 6.68. The SMILES string of the molecule is Fc1cccc(NN=C(c2ccccc2)c2ccccc2)c1. The summed E-state index contributed by atoms with van der Waals surface area (Å²) in [6, 6.07) is 26.0. The minimum atomic E-state index is -0.291. The van der Waals surface area contributed by atoms with Gasteiger partial charge in [0.15, 0.2) is 0 Å². The zero-order valence-corrected chi connectivity index (χ0v) is 11.9. The van der Waals surface area contributed by atoms with Crippen LogP contribution in [0.1, 0.15) is 11.1 Å². The van der Waals surface area contributed by atoms with Crippen LogP contribution in [0.25, 0.3) is 0 Å². The van der Waals surface area contributed by atoms with Crippen LogP contribution in [0.5, 0.6) is 0 Å². The maximum absolute atomic E-state index is 13.2. The van der Waals surface area contributed by atoms with Crippen LogP contribution in [0.15, 0.2) is 90.0 Å². The smallest absolute Gasteiger partial charge is 0.125 e. The first-order valence-electron chi connectivity index (χ1n) is 7.03. The monoisotopic (exact) mass is 290 g/mol. The zero-order valence-electron chi connectivity index (χ0n) is 11.9. The lowest BCUT2D eigenvalue weighted by Gasteiger charge is -2.08. The van der Waals surface area contributed by atoms with Crippen LogP contribution in [-0.4, -0.2) is 5.71 Å². The molecule has 0 unspecified atom stereocenters. The van der Waals surface area contributed by atoms with Gasteiger partial charge in [0.25, 0.3) is 0 Å². The summed E-state index contributed by atoms with van der Waals surface area (Å²) < 4.78 is 13.2. The van der Waals surface area contributed by atoms with E-state index >= 15 is 0 Å². The summed E-state index contributed by atoms with van der Waals surface area (Å²) in [7, 11) is 0. The molecular formula is C19H15FN2. The molecule has 0 aromatic heterocycles. The number of hydrazone groups is 1. The van der Waals surface area contributed by atoms with Crippen molar-refractivity contribution < 1.29 is 4.39 Å². The quantitative estimate of drug-likeness (QED) is 0.547. The fraction of sp³-hybridized carbons (Fsp3) is 0. The van der Waals surface area contributed by atoms with E-state index in [1.54, 1.807) is 12.1 Å². The van der Waals surface area contributed by atoms with Gasteiger partial charge in [-0.3, -0.25) is 5.43 Å². The molecule has 3 aromatic carbocycles. The van der Waals surface area contributed by atoms with Crippen molar-refractivity contribution in [2.75, 3.05) is 5.43 Å². The van der Waals surface area contributed by atoms with Crippen molar-refractivity contribution in [2.24, 2.45) is 5.10 Å². The van der Waals surface area contributed by atoms with E-state index in [-0.39, 0.29) is 5.82 Å². The third-order valence-electron chi connectivity index (χ3n) is 3.22. The molecule has 3 aromatic rings. The summed E-state index contributed by atoms with van der Waals surface area (Å²) >= 11 is 0. The van der Waals surface area contributed by atoms with Gasteiger partial charge in [-0.25, -0.2) is 4.39 Å². The van der Waals surface area contributed by atoms with Gasteiger partial charge >= 0.3 is 0 Å². The minimum Gasteiger partial charge on any atom is -0.278 e. The van der Waals surface area contributed by atoms with Gasteiger partial charge in [0.2, 0.25) is 0 Å². The van der Waals surface area contributed by atoms with Crippen molar-refractivity contribution in [1.82, 2.24) is 0 Å². The molecule has 0 aliphatic heterocycles. The van der Waals surface area contributed by atoms with Gasteiger partial charge in [-0.15, -0.1) is 0 Å². The second-order valence-electron chi connectivity index (χ2n) is 4.81. The highest BCUT2D eigenvalue weighted by Crippen LogP contribution is 2.13. The first-order chi connectivity index (χ1) is 10.8. The molecule has 0 aliphatic carbocycles. The van der Waals surface area contributed by atoms with Crippen LogP contribution in [0.2, 0.25) is 0 Å². The Balaban J connectivity index is 1.97. The van der Waals surface area contributed by atoms with Gasteiger partial charge in [-0.1, -0.05) is 66.7 Å². The summed E-state index contributed by atoms with van der Waals surface area (Å²) in [5.41, 5.74) is 6.35. The molecule has 0 atom stereocenters. The molecule has 0 aliphatic rings. The number of nitrogens with one attached hydrogen (secondary N) is 1. The maximum Gasteiger partial charge on any atom is 0.125 e. The predicted octanol–water partition coefficient (Wildman–Crippen LogP) is 4.69. The topological polar surface area (TPSA) is 24.4 Å². The number of nitrogens with zero attached hydrogens (tertiary/aromatic N) is 1. The average molecular weight is 290 g/mol. The molecule has 3 heteroatoms. The van der Waals surface area contributed by atoms with Crippen LogP contribution in [0.4, 0.5) is 10.1 Å². The van der Waals surface area contributed by atoms with E-state index in [1.807, 2.05) is 60.7 Å². The van der Waals surface area contributed by atoms with Crippen molar-refractivity contribution in [3.63, 3.8) is 0 Å². The van der Waals surface area contributed by atoms with Crippen LogP contribution < -0.4 is 5.43 Å². The molecule has 0 bridgehead atoms. The highest BCUT2D eigenvalue weighted by Gasteiger charge is 2.06. The Kier molecular flexibility index (Phi) is 4.25. The van der Waals surface area contributed by atoms with Gasteiger partial charge < -0.3 is 0 Å². The largest absolute Gasteiger partial charge is 0.278 e. The van der Waals surface area contributed by atoms with E-state index in [2.05, 4.69) is 10.5 Å². The molecule has 108 valence electrons. The molecule has 0 radical (unpaired) electrons. The van der Waals surface area contributed by atoms with Crippen molar-refractivity contribution in [3.05, 3.63) is 102 Å². The number of anilines is 1. The molecule has 0 heterocycles. The average Bonchev–Trinajstić information content (AvgIpc) is 2.57. The van der Waals surface area contributed by atoms with Crippen LogP contribution in [0, 0.1) is 5.82 Å². The molecule has 0 amide bonds. The molecule has 3 rings (SSSR count). The van der Waals surface area contributed by atoms with Crippen molar-refractivity contribution in [1.29, 1.82) is 0 Å². The third-order valence-corrected chi connectivity index (χ3v) is 3.22. The summed E-state index contributed by atoms with van der Waals surface area (Å²) in [4.78, 5) is 0. The standard InChI is InChI=1S/C19H15FN2/c20-17-12-7-13-18(14-17)21-22-19(15-8-3-1-4-9-15)16-10-5-2-6-11-16/h1-14,21H. The first-order valence-corrected chi connectivity index (χ1v) is 7.03. The van der Waals surface area contributed by atoms with Gasteiger partial charge in [0.1, 0.15) is 5.82 Å². The Labute approximate surface area is 128 Å². The van der Waals surface area contributed by atoms with Gasteiger partial charge in [-0.05, 0) is 18.2 Å². The molecular weight excluding hydrogens is 275 g/mol. The summed E-state index contributed by atoms with van der Waals surface area (Å²) in [5, 5.41) is 4.48. The van der Waals surface area contributed by atoms with E-state index in [9.17, 15) is 4.39 Å². The Morgan fingerprint density at radius 3 is 1.86 bits per heavy atom. The molecule has 22 heavy (non-hydrogen) atoms. The lowest BCUT2D eigenvalue weighted by atomic mass is 10.0. The van der Waals surface area contributed by atoms with E-state index in [4.69, 9.17) is 0 Å². The molecule has 2 nitrogen and oxygen atoms in total. The highest BCUT2D eigenvalue weighted by molar-refractivity contribution is 6.13. The fourth-order valence-corrected chi connectivity index (χ4v) is 2.17. The molecule has 0 saturated heterocycles. The summed E-state index contributed by atoms with van der Waals surface area (Å²) in [6.45, 7) is 0. The Hall–Kier alpha value is -2.94. The van der Waals surface area contributed by atoms with Crippen LogP contribution in [-0.2, 0) is 0 Å². The van der Waals surface area contributed by atoms with Gasteiger partial charge in [-0.2, -0.15) is 5.10 Å². The maximum atomic E-state index is 13.2. The number of hydrogen-bond acceptors (Lipinski definition) is 2. The summed E-state index contributed by atoms with van der Waals surface area (Å²) in [5.74, 6) is -0.291. The molecule has 0 fully saturated rings. The van der Waals surface area contributed by atoms with E-state index < -0.39 is 0 Å². The second-order valence-corrected chi connectivity index (χ2v) is 4.81. The molecule has 1 N–H and O–H groups in total. The molecule has 0 spiro atoms. The normalized spacial score (nSPS) is 10.0. The van der Waals surface area contributed by atoms with Crippen molar-refractivity contribution in [3.8, 4) is 0 Å². The Morgan fingerprint density at radius 1 is 0.727 bits per heavy atom. The number of benzene rings is 3. The predicted molar refractivity (Wildman–Crippen MR) is 88.5 cm³/mol. The minimum absolute atomic E-state index is 0.291. The number of hydrogen-bond donors (Lipinski definition) is 1. The number of halogens is 1. The van der Waals surface area contributed by atoms with Gasteiger partial charge in [0.05, 0.1) is 11.4 Å². The zero-order chi connectivity index (χ0) is 15.2. The van der Waals surface area contributed by atoms with Crippen molar-refractivity contribution >= 4 is 11.4 Å². The van der Waals surface area contributed by atoms with Gasteiger partial charge in [0, 0.05) is 11.1 Å².